The Hall–Kier alpha value is -3.28. The molecule has 0 fully saturated rings. The first-order chi connectivity index (χ1) is 12.7. The molecular formula is C20H17FN2O3. The summed E-state index contributed by atoms with van der Waals surface area (Å²) >= 11 is 0. The van der Waals surface area contributed by atoms with Crippen LogP contribution in [0.1, 0.15) is 18.0 Å². The van der Waals surface area contributed by atoms with Gasteiger partial charge in [0.15, 0.2) is 11.5 Å². The van der Waals surface area contributed by atoms with Crippen LogP contribution < -0.4 is 14.8 Å². The number of amides is 1. The second-order valence-corrected chi connectivity index (χ2v) is 6.02. The van der Waals surface area contributed by atoms with Gasteiger partial charge in [0.2, 0.25) is 12.7 Å². The van der Waals surface area contributed by atoms with Crippen molar-refractivity contribution in [2.45, 2.75) is 12.5 Å². The van der Waals surface area contributed by atoms with Gasteiger partial charge in [-0.05, 0) is 42.0 Å². The molecule has 1 aliphatic heterocycles. The molecule has 4 rings (SSSR count). The zero-order chi connectivity index (χ0) is 17.9. The molecule has 3 aromatic rings. The van der Waals surface area contributed by atoms with E-state index in [9.17, 15) is 9.18 Å². The Morgan fingerprint density at radius 3 is 2.69 bits per heavy atom. The highest BCUT2D eigenvalue weighted by atomic mass is 19.1. The molecule has 0 saturated carbocycles. The van der Waals surface area contributed by atoms with Crippen LogP contribution in [0.15, 0.2) is 67.0 Å². The first kappa shape index (κ1) is 16.2. The van der Waals surface area contributed by atoms with Gasteiger partial charge in [0, 0.05) is 24.1 Å². The number of hydrogen-bond donors (Lipinski definition) is 1. The summed E-state index contributed by atoms with van der Waals surface area (Å²) < 4.78 is 26.1. The molecule has 1 aliphatic rings. The third-order valence-electron chi connectivity index (χ3n) is 4.26. The normalized spacial score (nSPS) is 13.4. The van der Waals surface area contributed by atoms with E-state index in [1.807, 2.05) is 35.2 Å². The summed E-state index contributed by atoms with van der Waals surface area (Å²) in [6, 6.07) is 15.0. The number of nitrogens with zero attached hydrogens (tertiary/aromatic N) is 1. The number of fused-ring (bicyclic) bond motifs is 1. The molecule has 1 aromatic heterocycles. The van der Waals surface area contributed by atoms with Crippen LogP contribution >= 0.6 is 0 Å². The summed E-state index contributed by atoms with van der Waals surface area (Å²) in [5.41, 5.74) is 1.37. The third kappa shape index (κ3) is 3.39. The van der Waals surface area contributed by atoms with E-state index in [4.69, 9.17) is 9.47 Å². The van der Waals surface area contributed by atoms with Crippen LogP contribution in [0.5, 0.6) is 11.5 Å². The molecule has 26 heavy (non-hydrogen) atoms. The lowest BCUT2D eigenvalue weighted by Gasteiger charge is -2.19. The maximum atomic E-state index is 13.6. The monoisotopic (exact) mass is 352 g/mol. The van der Waals surface area contributed by atoms with Crippen molar-refractivity contribution in [2.75, 3.05) is 12.1 Å². The van der Waals surface area contributed by atoms with Gasteiger partial charge in [-0.3, -0.25) is 4.79 Å². The van der Waals surface area contributed by atoms with Crippen LogP contribution in [0.4, 0.5) is 10.1 Å². The number of halogens is 1. The second-order valence-electron chi connectivity index (χ2n) is 6.02. The summed E-state index contributed by atoms with van der Waals surface area (Å²) in [6.07, 6.45) is 3.90. The maximum absolute atomic E-state index is 13.6. The molecule has 1 N–H and O–H groups in total. The van der Waals surface area contributed by atoms with Crippen molar-refractivity contribution in [3.05, 3.63) is 78.4 Å². The van der Waals surface area contributed by atoms with Crippen molar-refractivity contribution in [3.63, 3.8) is 0 Å². The van der Waals surface area contributed by atoms with Crippen LogP contribution in [0, 0.1) is 5.82 Å². The lowest BCUT2D eigenvalue weighted by Crippen LogP contribution is -2.19. The molecule has 0 bridgehead atoms. The van der Waals surface area contributed by atoms with Gasteiger partial charge in [0.25, 0.3) is 0 Å². The lowest BCUT2D eigenvalue weighted by molar-refractivity contribution is -0.116. The van der Waals surface area contributed by atoms with Gasteiger partial charge in [-0.15, -0.1) is 0 Å². The number of hydrogen-bond acceptors (Lipinski definition) is 3. The average molecular weight is 352 g/mol. The third-order valence-corrected chi connectivity index (χ3v) is 4.26. The highest BCUT2D eigenvalue weighted by Gasteiger charge is 2.19. The van der Waals surface area contributed by atoms with Gasteiger partial charge < -0.3 is 19.4 Å². The molecule has 0 spiro atoms. The lowest BCUT2D eigenvalue weighted by atomic mass is 10.0. The minimum atomic E-state index is -0.323. The van der Waals surface area contributed by atoms with Crippen molar-refractivity contribution in [2.24, 2.45) is 0 Å². The van der Waals surface area contributed by atoms with E-state index >= 15 is 0 Å². The zero-order valence-corrected chi connectivity index (χ0v) is 13.9. The van der Waals surface area contributed by atoms with Crippen molar-refractivity contribution in [1.82, 2.24) is 4.57 Å². The predicted molar refractivity (Wildman–Crippen MR) is 94.8 cm³/mol. The zero-order valence-electron chi connectivity index (χ0n) is 13.9. The van der Waals surface area contributed by atoms with Gasteiger partial charge in [0.05, 0.1) is 12.5 Å². The largest absolute Gasteiger partial charge is 0.454 e. The van der Waals surface area contributed by atoms with E-state index in [0.717, 1.165) is 5.56 Å². The minimum absolute atomic E-state index is 0.173. The molecule has 1 atom stereocenters. The Labute approximate surface area is 150 Å². The number of benzene rings is 2. The SMILES string of the molecule is O=C(C[C@H](c1cccc(F)c1)n1cccc1)Nc1ccc2c(c1)OCO2. The standard InChI is InChI=1S/C20H17FN2O3/c21-15-5-3-4-14(10-15)17(23-8-1-2-9-23)12-20(24)22-16-6-7-18-19(11-16)26-13-25-18/h1-11,17H,12-13H2,(H,22,24)/t17-/m1/s1. The number of aromatic nitrogens is 1. The van der Waals surface area contributed by atoms with Crippen molar-refractivity contribution >= 4 is 11.6 Å². The van der Waals surface area contributed by atoms with Gasteiger partial charge in [-0.1, -0.05) is 12.1 Å². The Bertz CT molecular complexity index is 925. The van der Waals surface area contributed by atoms with Crippen LogP contribution in [-0.4, -0.2) is 17.3 Å². The van der Waals surface area contributed by atoms with Crippen LogP contribution in [0.2, 0.25) is 0 Å². The summed E-state index contributed by atoms with van der Waals surface area (Å²) in [5.74, 6) is 0.769. The van der Waals surface area contributed by atoms with Gasteiger partial charge >= 0.3 is 0 Å². The molecule has 0 unspecified atom stereocenters. The van der Waals surface area contributed by atoms with Crippen molar-refractivity contribution < 1.29 is 18.7 Å². The summed E-state index contributed by atoms with van der Waals surface area (Å²) in [4.78, 5) is 12.6. The van der Waals surface area contributed by atoms with Gasteiger partial charge in [0.1, 0.15) is 5.82 Å². The van der Waals surface area contributed by atoms with Crippen LogP contribution in [0.25, 0.3) is 0 Å². The average Bonchev–Trinajstić information content (AvgIpc) is 3.31. The summed E-state index contributed by atoms with van der Waals surface area (Å²) in [5, 5.41) is 2.87. The molecule has 132 valence electrons. The molecule has 2 heterocycles. The predicted octanol–water partition coefficient (Wildman–Crippen LogP) is 3.97. The van der Waals surface area contributed by atoms with Gasteiger partial charge in [-0.25, -0.2) is 4.39 Å². The first-order valence-corrected chi connectivity index (χ1v) is 8.26. The second kappa shape index (κ2) is 6.92. The molecule has 0 radical (unpaired) electrons. The summed E-state index contributed by atoms with van der Waals surface area (Å²) in [7, 11) is 0. The Balaban J connectivity index is 1.53. The van der Waals surface area contributed by atoms with Crippen molar-refractivity contribution in [3.8, 4) is 11.5 Å². The van der Waals surface area contributed by atoms with E-state index in [2.05, 4.69) is 5.32 Å². The van der Waals surface area contributed by atoms with E-state index in [0.29, 0.717) is 17.2 Å². The molecule has 0 saturated heterocycles. The molecule has 0 aliphatic carbocycles. The number of carbonyl (C=O) groups is 1. The van der Waals surface area contributed by atoms with Crippen LogP contribution in [-0.2, 0) is 4.79 Å². The molecule has 5 nitrogen and oxygen atoms in total. The van der Waals surface area contributed by atoms with E-state index in [-0.39, 0.29) is 31.0 Å². The number of carbonyl (C=O) groups excluding carboxylic acids is 1. The fourth-order valence-corrected chi connectivity index (χ4v) is 3.03. The highest BCUT2D eigenvalue weighted by molar-refractivity contribution is 5.91. The molecule has 6 heteroatoms. The molecular weight excluding hydrogens is 335 g/mol. The van der Waals surface area contributed by atoms with Crippen LogP contribution in [0.3, 0.4) is 0 Å². The molecule has 2 aromatic carbocycles. The fraction of sp³-hybridized carbons (Fsp3) is 0.150. The van der Waals surface area contributed by atoms with Gasteiger partial charge in [-0.2, -0.15) is 0 Å². The smallest absolute Gasteiger partial charge is 0.231 e. The number of nitrogens with one attached hydrogen (secondary N) is 1. The van der Waals surface area contributed by atoms with Crippen molar-refractivity contribution in [1.29, 1.82) is 0 Å². The Kier molecular flexibility index (Phi) is 4.31. The Morgan fingerprint density at radius 2 is 1.88 bits per heavy atom. The summed E-state index contributed by atoms with van der Waals surface area (Å²) in [6.45, 7) is 0.183. The Morgan fingerprint density at radius 1 is 1.08 bits per heavy atom. The quantitative estimate of drug-likeness (QED) is 0.756. The van der Waals surface area contributed by atoms with E-state index in [1.54, 1.807) is 24.3 Å². The number of ether oxygens (including phenoxy) is 2. The topological polar surface area (TPSA) is 52.5 Å². The fourth-order valence-electron chi connectivity index (χ4n) is 3.03. The highest BCUT2D eigenvalue weighted by Crippen LogP contribution is 2.34. The van der Waals surface area contributed by atoms with E-state index in [1.165, 1.54) is 12.1 Å². The number of anilines is 1. The molecule has 1 amide bonds. The van der Waals surface area contributed by atoms with E-state index < -0.39 is 0 Å². The maximum Gasteiger partial charge on any atom is 0.231 e. The number of rotatable bonds is 5. The minimum Gasteiger partial charge on any atom is -0.454 e. The first-order valence-electron chi connectivity index (χ1n) is 8.26.